The Labute approximate surface area is 183 Å². The highest BCUT2D eigenvalue weighted by molar-refractivity contribution is 6.05. The molecule has 0 fully saturated rings. The van der Waals surface area contributed by atoms with Gasteiger partial charge >= 0.3 is 6.01 Å². The number of rotatable bonds is 10. The Bertz CT molecular complexity index is 961. The molecule has 1 heterocycles. The second-order valence-electron chi connectivity index (χ2n) is 7.35. The average molecular weight is 420 g/mol. The lowest BCUT2D eigenvalue weighted by atomic mass is 10.0. The summed E-state index contributed by atoms with van der Waals surface area (Å²) in [5.41, 5.74) is 3.39. The van der Waals surface area contributed by atoms with E-state index in [0.717, 1.165) is 30.5 Å². The van der Waals surface area contributed by atoms with E-state index in [-0.39, 0.29) is 18.0 Å². The highest BCUT2D eigenvalue weighted by atomic mass is 16.5. The fourth-order valence-corrected chi connectivity index (χ4v) is 3.30. The quantitative estimate of drug-likeness (QED) is 0.451. The Morgan fingerprint density at radius 3 is 2.48 bits per heavy atom. The van der Waals surface area contributed by atoms with Gasteiger partial charge in [-0.2, -0.15) is 0 Å². The van der Waals surface area contributed by atoms with Crippen LogP contribution in [0.25, 0.3) is 0 Å². The van der Waals surface area contributed by atoms with E-state index in [9.17, 15) is 4.79 Å². The Hall–Kier alpha value is -3.25. The fraction of sp³-hybridized carbons (Fsp3) is 0.320. The first-order valence-corrected chi connectivity index (χ1v) is 10.5. The number of ether oxygens (including phenoxy) is 2. The maximum atomic E-state index is 12.8. The third kappa shape index (κ3) is 6.12. The van der Waals surface area contributed by atoms with Crippen LogP contribution in [0.15, 0.2) is 67.0 Å². The zero-order chi connectivity index (χ0) is 22.1. The van der Waals surface area contributed by atoms with Crippen LogP contribution < -0.4 is 9.64 Å². The van der Waals surface area contributed by atoms with Gasteiger partial charge in [0, 0.05) is 25.1 Å². The lowest BCUT2D eigenvalue weighted by Gasteiger charge is -2.20. The zero-order valence-corrected chi connectivity index (χ0v) is 18.3. The molecule has 1 amide bonds. The molecule has 0 aliphatic carbocycles. The lowest BCUT2D eigenvalue weighted by molar-refractivity contribution is 0.0324. The van der Waals surface area contributed by atoms with Crippen LogP contribution in [0.2, 0.25) is 0 Å². The summed E-state index contributed by atoms with van der Waals surface area (Å²) in [7, 11) is 3.22. The Balaban J connectivity index is 1.69. The number of aromatic nitrogens is 2. The first kappa shape index (κ1) is 22.4. The lowest BCUT2D eigenvalue weighted by Crippen LogP contribution is -2.26. The predicted octanol–water partition coefficient (Wildman–Crippen LogP) is 5.21. The third-order valence-corrected chi connectivity index (χ3v) is 5.10. The van der Waals surface area contributed by atoms with E-state index >= 15 is 0 Å². The van der Waals surface area contributed by atoms with Crippen LogP contribution in [0.4, 0.5) is 5.69 Å². The van der Waals surface area contributed by atoms with Crippen LogP contribution in [-0.2, 0) is 11.3 Å². The molecule has 0 aliphatic heterocycles. The van der Waals surface area contributed by atoms with Gasteiger partial charge in [0.25, 0.3) is 5.91 Å². The van der Waals surface area contributed by atoms with Crippen molar-refractivity contribution in [3.05, 3.63) is 83.7 Å². The van der Waals surface area contributed by atoms with Crippen molar-refractivity contribution < 1.29 is 14.3 Å². The average Bonchev–Trinajstić information content (AvgIpc) is 2.84. The molecular weight excluding hydrogens is 390 g/mol. The Morgan fingerprint density at radius 2 is 1.81 bits per heavy atom. The second-order valence-corrected chi connectivity index (χ2v) is 7.35. The molecule has 0 saturated carbocycles. The van der Waals surface area contributed by atoms with Crippen molar-refractivity contribution in [3.8, 4) is 6.01 Å². The molecule has 0 spiro atoms. The number of methoxy groups -OCH3 is 1. The standard InChI is InChI=1S/C25H29N3O3/c1-4-5-14-23(20-11-7-6-8-12-20)31-18-19-10-9-13-22(15-19)28(2)24(29)21-16-26-25(30-3)27-17-21/h6-13,15-17,23H,4-5,14,18H2,1-3H3. The smallest absolute Gasteiger partial charge is 0.316 e. The third-order valence-electron chi connectivity index (χ3n) is 5.10. The van der Waals surface area contributed by atoms with Gasteiger partial charge in [-0.05, 0) is 29.7 Å². The van der Waals surface area contributed by atoms with Gasteiger partial charge in [0.05, 0.1) is 25.4 Å². The SMILES string of the molecule is CCCCC(OCc1cccc(N(C)C(=O)c2cnc(OC)nc2)c1)c1ccccc1. The molecule has 1 atom stereocenters. The van der Waals surface area contributed by atoms with Crippen LogP contribution >= 0.6 is 0 Å². The van der Waals surface area contributed by atoms with E-state index < -0.39 is 0 Å². The summed E-state index contributed by atoms with van der Waals surface area (Å²) in [6.45, 7) is 2.66. The van der Waals surface area contributed by atoms with Crippen LogP contribution in [0, 0.1) is 0 Å². The van der Waals surface area contributed by atoms with Crippen LogP contribution in [-0.4, -0.2) is 30.0 Å². The maximum Gasteiger partial charge on any atom is 0.316 e. The summed E-state index contributed by atoms with van der Waals surface area (Å²) in [5.74, 6) is -0.189. The molecule has 0 aliphatic rings. The van der Waals surface area contributed by atoms with Crippen molar-refractivity contribution in [1.29, 1.82) is 0 Å². The molecule has 0 radical (unpaired) electrons. The Kier molecular flexibility index (Phi) is 8.12. The van der Waals surface area contributed by atoms with Crippen LogP contribution in [0.1, 0.15) is 53.8 Å². The van der Waals surface area contributed by atoms with E-state index in [2.05, 4.69) is 29.0 Å². The van der Waals surface area contributed by atoms with Crippen molar-refractivity contribution in [2.24, 2.45) is 0 Å². The highest BCUT2D eigenvalue weighted by Gasteiger charge is 2.16. The monoisotopic (exact) mass is 419 g/mol. The normalized spacial score (nSPS) is 11.7. The summed E-state index contributed by atoms with van der Waals surface area (Å²) < 4.78 is 11.2. The number of amides is 1. The first-order valence-electron chi connectivity index (χ1n) is 10.5. The van der Waals surface area contributed by atoms with Gasteiger partial charge in [0.15, 0.2) is 0 Å². The molecule has 2 aromatic carbocycles. The van der Waals surface area contributed by atoms with Crippen molar-refractivity contribution in [2.45, 2.75) is 38.9 Å². The fourth-order valence-electron chi connectivity index (χ4n) is 3.30. The number of hydrogen-bond acceptors (Lipinski definition) is 5. The topological polar surface area (TPSA) is 64.5 Å². The van der Waals surface area contributed by atoms with Gasteiger partial charge in [-0.1, -0.05) is 62.2 Å². The van der Waals surface area contributed by atoms with Gasteiger partial charge in [-0.3, -0.25) is 4.79 Å². The molecule has 162 valence electrons. The molecule has 31 heavy (non-hydrogen) atoms. The predicted molar refractivity (Wildman–Crippen MR) is 121 cm³/mol. The van der Waals surface area contributed by atoms with Crippen LogP contribution in [0.3, 0.4) is 0 Å². The largest absolute Gasteiger partial charge is 0.467 e. The highest BCUT2D eigenvalue weighted by Crippen LogP contribution is 2.26. The summed E-state index contributed by atoms with van der Waals surface area (Å²) >= 11 is 0. The van der Waals surface area contributed by atoms with E-state index in [1.807, 2.05) is 42.5 Å². The molecular formula is C25H29N3O3. The first-order chi connectivity index (χ1) is 15.1. The van der Waals surface area contributed by atoms with Gasteiger partial charge in [-0.25, -0.2) is 9.97 Å². The molecule has 0 saturated heterocycles. The van der Waals surface area contributed by atoms with Gasteiger partial charge in [-0.15, -0.1) is 0 Å². The number of hydrogen-bond donors (Lipinski definition) is 0. The molecule has 3 aromatic rings. The van der Waals surface area contributed by atoms with E-state index in [1.54, 1.807) is 11.9 Å². The van der Waals surface area contributed by atoms with Gasteiger partial charge in [0.1, 0.15) is 0 Å². The van der Waals surface area contributed by atoms with Crippen molar-refractivity contribution in [2.75, 3.05) is 19.1 Å². The van der Waals surface area contributed by atoms with E-state index in [0.29, 0.717) is 12.2 Å². The zero-order valence-electron chi connectivity index (χ0n) is 18.3. The second kappa shape index (κ2) is 11.2. The number of nitrogens with zero attached hydrogens (tertiary/aromatic N) is 3. The summed E-state index contributed by atoms with van der Waals surface area (Å²) in [6, 6.07) is 18.4. The van der Waals surface area contributed by atoms with Gasteiger partial charge < -0.3 is 14.4 Å². The van der Waals surface area contributed by atoms with Crippen molar-refractivity contribution >= 4 is 11.6 Å². The van der Waals surface area contributed by atoms with E-state index in [1.165, 1.54) is 25.1 Å². The number of benzene rings is 2. The maximum absolute atomic E-state index is 12.8. The number of anilines is 1. The molecule has 1 unspecified atom stereocenters. The van der Waals surface area contributed by atoms with E-state index in [4.69, 9.17) is 9.47 Å². The van der Waals surface area contributed by atoms with Crippen LogP contribution in [0.5, 0.6) is 6.01 Å². The summed E-state index contributed by atoms with van der Waals surface area (Å²) in [4.78, 5) is 22.4. The minimum Gasteiger partial charge on any atom is -0.467 e. The summed E-state index contributed by atoms with van der Waals surface area (Å²) in [6.07, 6.45) is 6.22. The Morgan fingerprint density at radius 1 is 1.06 bits per heavy atom. The van der Waals surface area contributed by atoms with Crippen molar-refractivity contribution in [3.63, 3.8) is 0 Å². The number of carbonyl (C=O) groups is 1. The molecule has 1 aromatic heterocycles. The minimum atomic E-state index is -0.189. The molecule has 0 bridgehead atoms. The van der Waals surface area contributed by atoms with Crippen molar-refractivity contribution in [1.82, 2.24) is 9.97 Å². The number of carbonyl (C=O) groups excluding carboxylic acids is 1. The number of unbranched alkanes of at least 4 members (excludes halogenated alkanes) is 1. The molecule has 6 heteroatoms. The van der Waals surface area contributed by atoms with Gasteiger partial charge in [0.2, 0.25) is 0 Å². The molecule has 3 rings (SSSR count). The summed E-state index contributed by atoms with van der Waals surface area (Å²) in [5, 5.41) is 0. The minimum absolute atomic E-state index is 0.0561. The molecule has 6 nitrogen and oxygen atoms in total. The molecule has 0 N–H and O–H groups in total.